The molecule has 0 aliphatic carbocycles. The van der Waals surface area contributed by atoms with Crippen molar-refractivity contribution in [1.82, 2.24) is 20.0 Å². The van der Waals surface area contributed by atoms with Gasteiger partial charge in [-0.1, -0.05) is 48.5 Å². The third kappa shape index (κ3) is 4.76. The van der Waals surface area contributed by atoms with Crippen LogP contribution in [0, 0.1) is 0 Å². The maximum absolute atomic E-state index is 12.6. The molecule has 0 saturated carbocycles. The fraction of sp³-hybridized carbons (Fsp3) is 0.150. The van der Waals surface area contributed by atoms with E-state index in [0.717, 1.165) is 5.41 Å². The lowest BCUT2D eigenvalue weighted by Crippen LogP contribution is -2.42. The number of nitrogens with one attached hydrogen (secondary N) is 2. The van der Waals surface area contributed by atoms with Gasteiger partial charge in [-0.2, -0.15) is 5.10 Å². The molecule has 9 heteroatoms. The number of hydrogen-bond donors (Lipinski definition) is 2. The largest absolute Gasteiger partial charge is 0.287 e. The minimum atomic E-state index is -3.93. The summed E-state index contributed by atoms with van der Waals surface area (Å²) in [5.74, 6) is -0.771. The maximum Gasteiger partial charge on any atom is 0.287 e. The van der Waals surface area contributed by atoms with E-state index in [9.17, 15) is 18.0 Å². The van der Waals surface area contributed by atoms with Crippen LogP contribution in [0.2, 0.25) is 0 Å². The highest BCUT2D eigenvalue weighted by atomic mass is 32.2. The van der Waals surface area contributed by atoms with E-state index in [-0.39, 0.29) is 17.3 Å². The zero-order chi connectivity index (χ0) is 21.0. The van der Waals surface area contributed by atoms with Crippen LogP contribution in [0.3, 0.4) is 0 Å². The lowest BCUT2D eigenvalue weighted by Gasteiger charge is -2.13. The number of sulfonamides is 1. The van der Waals surface area contributed by atoms with Gasteiger partial charge in [-0.15, -0.1) is 4.83 Å². The summed E-state index contributed by atoms with van der Waals surface area (Å²) in [6.45, 7) is 3.53. The number of fused-ring (bicyclic) bond motifs is 1. The summed E-state index contributed by atoms with van der Waals surface area (Å²) in [6.07, 6.45) is 1.40. The molecular formula is C20H20N4O4S. The summed E-state index contributed by atoms with van der Waals surface area (Å²) >= 11 is 0. The summed E-state index contributed by atoms with van der Waals surface area (Å²) in [4.78, 5) is 27.2. The summed E-state index contributed by atoms with van der Waals surface area (Å²) in [7, 11) is -3.93. The van der Waals surface area contributed by atoms with Crippen molar-refractivity contribution >= 4 is 32.8 Å². The Kier molecular flexibility index (Phi) is 5.90. The van der Waals surface area contributed by atoms with E-state index >= 15 is 0 Å². The van der Waals surface area contributed by atoms with Gasteiger partial charge in [0.2, 0.25) is 0 Å². The first-order valence-electron chi connectivity index (χ1n) is 8.85. The number of rotatable bonds is 6. The van der Waals surface area contributed by atoms with E-state index in [1.165, 1.54) is 10.8 Å². The highest BCUT2D eigenvalue weighted by Crippen LogP contribution is 2.14. The number of carbonyl (C=O) groups excluding carboxylic acids is 1. The van der Waals surface area contributed by atoms with Crippen LogP contribution in [-0.4, -0.2) is 24.1 Å². The average Bonchev–Trinajstić information content (AvgIpc) is 2.72. The predicted octanol–water partition coefficient (Wildman–Crippen LogP) is 2.21. The number of carbonyl (C=O) groups is 1. The van der Waals surface area contributed by atoms with Crippen molar-refractivity contribution in [3.63, 3.8) is 0 Å². The minimum Gasteiger partial charge on any atom is -0.272 e. The maximum atomic E-state index is 12.6. The quantitative estimate of drug-likeness (QED) is 0.603. The van der Waals surface area contributed by atoms with Crippen LogP contribution < -0.4 is 15.8 Å². The van der Waals surface area contributed by atoms with E-state index in [1.54, 1.807) is 62.4 Å². The van der Waals surface area contributed by atoms with Crippen LogP contribution >= 0.6 is 0 Å². The monoisotopic (exact) mass is 412 g/mol. The van der Waals surface area contributed by atoms with E-state index in [4.69, 9.17) is 0 Å². The molecule has 0 unspecified atom stereocenters. The molecule has 3 aromatic rings. The van der Waals surface area contributed by atoms with Gasteiger partial charge in [0.15, 0.2) is 5.69 Å². The van der Waals surface area contributed by atoms with Crippen molar-refractivity contribution < 1.29 is 13.2 Å². The molecule has 1 aromatic heterocycles. The van der Waals surface area contributed by atoms with Crippen molar-refractivity contribution in [2.45, 2.75) is 19.9 Å². The second-order valence-corrected chi connectivity index (χ2v) is 8.12. The fourth-order valence-electron chi connectivity index (χ4n) is 2.67. The van der Waals surface area contributed by atoms with Crippen LogP contribution in [-0.2, 0) is 10.0 Å². The lowest BCUT2D eigenvalue weighted by atomic mass is 10.1. The molecular weight excluding hydrogens is 392 g/mol. The smallest absolute Gasteiger partial charge is 0.272 e. The molecule has 8 nitrogen and oxygen atoms in total. The Morgan fingerprint density at radius 3 is 2.31 bits per heavy atom. The van der Waals surface area contributed by atoms with Gasteiger partial charge < -0.3 is 0 Å². The van der Waals surface area contributed by atoms with Gasteiger partial charge in [0, 0.05) is 10.8 Å². The molecule has 1 heterocycles. The minimum absolute atomic E-state index is 0.0522. The number of hydrazine groups is 1. The van der Waals surface area contributed by atoms with E-state index < -0.39 is 15.9 Å². The number of hydrogen-bond acceptors (Lipinski definition) is 5. The van der Waals surface area contributed by atoms with Crippen LogP contribution in [0.4, 0.5) is 0 Å². The molecule has 1 amide bonds. The molecule has 2 N–H and O–H groups in total. The van der Waals surface area contributed by atoms with Crippen molar-refractivity contribution in [3.05, 3.63) is 81.6 Å². The summed E-state index contributed by atoms with van der Waals surface area (Å²) in [5.41, 5.74) is 2.47. The normalized spacial score (nSPS) is 12.0. The molecule has 0 bridgehead atoms. The molecule has 150 valence electrons. The third-order valence-corrected chi connectivity index (χ3v) is 4.96. The van der Waals surface area contributed by atoms with Crippen molar-refractivity contribution in [1.29, 1.82) is 0 Å². The molecule has 2 aromatic carbocycles. The Morgan fingerprint density at radius 2 is 1.66 bits per heavy atom. The van der Waals surface area contributed by atoms with Gasteiger partial charge in [-0.25, -0.2) is 13.1 Å². The first kappa shape index (κ1) is 20.4. The summed E-state index contributed by atoms with van der Waals surface area (Å²) < 4.78 is 25.5. The van der Waals surface area contributed by atoms with Gasteiger partial charge in [0.1, 0.15) is 0 Å². The Labute approximate surface area is 167 Å². The van der Waals surface area contributed by atoms with Crippen molar-refractivity contribution in [2.75, 3.05) is 0 Å². The average molecular weight is 412 g/mol. The van der Waals surface area contributed by atoms with Gasteiger partial charge in [-0.3, -0.25) is 15.0 Å². The first-order chi connectivity index (χ1) is 13.8. The zero-order valence-corrected chi connectivity index (χ0v) is 16.7. The molecule has 0 saturated heterocycles. The van der Waals surface area contributed by atoms with Crippen LogP contribution in [0.1, 0.15) is 35.9 Å². The Bertz CT molecular complexity index is 1230. The molecule has 0 radical (unpaired) electrons. The van der Waals surface area contributed by atoms with Gasteiger partial charge in [0.25, 0.3) is 21.5 Å². The van der Waals surface area contributed by atoms with E-state index in [0.29, 0.717) is 16.3 Å². The SMILES string of the molecule is CC(C)n1nc(C(=O)NNS(=O)(=O)/C=C/c2ccccc2)c2ccccc2c1=O. The second kappa shape index (κ2) is 8.38. The topological polar surface area (TPSA) is 110 Å². The molecule has 3 rings (SSSR count). The number of amides is 1. The van der Waals surface area contributed by atoms with E-state index in [1.807, 2.05) is 10.9 Å². The van der Waals surface area contributed by atoms with Crippen LogP contribution in [0.15, 0.2) is 64.8 Å². The third-order valence-electron chi connectivity index (χ3n) is 4.08. The van der Waals surface area contributed by atoms with E-state index in [2.05, 4.69) is 10.5 Å². The Balaban J connectivity index is 1.86. The molecule has 0 aliphatic heterocycles. The van der Waals surface area contributed by atoms with Gasteiger partial charge >= 0.3 is 0 Å². The Morgan fingerprint density at radius 1 is 1.03 bits per heavy atom. The zero-order valence-electron chi connectivity index (χ0n) is 15.9. The predicted molar refractivity (Wildman–Crippen MR) is 111 cm³/mol. The number of aromatic nitrogens is 2. The van der Waals surface area contributed by atoms with Crippen LogP contribution in [0.5, 0.6) is 0 Å². The second-order valence-electron chi connectivity index (χ2n) is 6.55. The summed E-state index contributed by atoms with van der Waals surface area (Å²) in [5, 5.41) is 5.75. The van der Waals surface area contributed by atoms with Gasteiger partial charge in [0.05, 0.1) is 11.4 Å². The molecule has 0 fully saturated rings. The molecule has 29 heavy (non-hydrogen) atoms. The fourth-order valence-corrected chi connectivity index (χ4v) is 3.31. The number of benzene rings is 2. The van der Waals surface area contributed by atoms with Crippen LogP contribution in [0.25, 0.3) is 16.8 Å². The molecule has 0 spiro atoms. The molecule has 0 atom stereocenters. The highest BCUT2D eigenvalue weighted by Gasteiger charge is 2.18. The molecule has 0 aliphatic rings. The standard InChI is InChI=1S/C20H20N4O4S/c1-14(2)24-20(26)17-11-7-6-10-16(17)18(22-24)19(25)21-23-29(27,28)13-12-15-8-4-3-5-9-15/h3-14,23H,1-2H3,(H,21,25)/b13-12+. The van der Waals surface area contributed by atoms with Gasteiger partial charge in [-0.05, 0) is 31.6 Å². The first-order valence-corrected chi connectivity index (χ1v) is 10.4. The Hall–Kier alpha value is -3.30. The summed E-state index contributed by atoms with van der Waals surface area (Å²) in [6, 6.07) is 15.1. The highest BCUT2D eigenvalue weighted by molar-refractivity contribution is 7.92. The van der Waals surface area contributed by atoms with Crippen molar-refractivity contribution in [3.8, 4) is 0 Å². The number of nitrogens with zero attached hydrogens (tertiary/aromatic N) is 2. The van der Waals surface area contributed by atoms with Crippen molar-refractivity contribution in [2.24, 2.45) is 0 Å². The lowest BCUT2D eigenvalue weighted by molar-refractivity contribution is 0.0939.